The van der Waals surface area contributed by atoms with E-state index in [1.807, 2.05) is 0 Å². The highest BCUT2D eigenvalue weighted by atomic mass is 35.5. The Balaban J connectivity index is 2.49. The molecule has 3 heteroatoms. The van der Waals surface area contributed by atoms with Crippen molar-refractivity contribution in [1.82, 2.24) is 4.90 Å². The van der Waals surface area contributed by atoms with Gasteiger partial charge in [0.25, 0.3) is 0 Å². The number of hydrogen-bond acceptors (Lipinski definition) is 1. The average molecular weight is 218 g/mol. The maximum Gasteiger partial charge on any atom is 0.223 e. The summed E-state index contributed by atoms with van der Waals surface area (Å²) in [7, 11) is 0. The number of rotatable bonds is 3. The van der Waals surface area contributed by atoms with Gasteiger partial charge in [-0.15, -0.1) is 11.6 Å². The number of amides is 1. The lowest BCUT2D eigenvalue weighted by Gasteiger charge is -2.39. The Hall–Kier alpha value is -0.240. The van der Waals surface area contributed by atoms with Crippen LogP contribution in [0.25, 0.3) is 0 Å². The van der Waals surface area contributed by atoms with E-state index in [4.69, 9.17) is 11.6 Å². The summed E-state index contributed by atoms with van der Waals surface area (Å²) in [5.74, 6) is 0.868. The van der Waals surface area contributed by atoms with E-state index in [1.54, 1.807) is 0 Å². The van der Waals surface area contributed by atoms with Gasteiger partial charge >= 0.3 is 0 Å². The average Bonchev–Trinajstić information content (AvgIpc) is 2.14. The maximum absolute atomic E-state index is 11.8. The van der Waals surface area contributed by atoms with Crippen molar-refractivity contribution in [3.8, 4) is 0 Å². The number of halogens is 1. The fourth-order valence-electron chi connectivity index (χ4n) is 2.26. The first kappa shape index (κ1) is 11.8. The molecule has 1 saturated heterocycles. The third kappa shape index (κ3) is 2.88. The first-order chi connectivity index (χ1) is 6.66. The summed E-state index contributed by atoms with van der Waals surface area (Å²) in [5.41, 5.74) is 0. The molecule has 0 aliphatic carbocycles. The van der Waals surface area contributed by atoms with Gasteiger partial charge in [0, 0.05) is 24.4 Å². The summed E-state index contributed by atoms with van der Waals surface area (Å²) < 4.78 is 0. The minimum absolute atomic E-state index is 0.283. The molecular weight excluding hydrogens is 198 g/mol. The van der Waals surface area contributed by atoms with Crippen LogP contribution in [-0.2, 0) is 4.79 Å². The fourth-order valence-corrected chi connectivity index (χ4v) is 2.39. The second-order valence-electron chi connectivity index (χ2n) is 4.22. The number of likely N-dealkylation sites (tertiary alicyclic amines) is 1. The van der Waals surface area contributed by atoms with Gasteiger partial charge in [-0.05, 0) is 39.5 Å². The Labute approximate surface area is 91.6 Å². The molecule has 0 saturated carbocycles. The fraction of sp³-hybridized carbons (Fsp3) is 0.909. The van der Waals surface area contributed by atoms with E-state index >= 15 is 0 Å². The Bertz CT molecular complexity index is 186. The van der Waals surface area contributed by atoms with E-state index in [-0.39, 0.29) is 5.91 Å². The molecule has 0 N–H and O–H groups in total. The number of carbonyl (C=O) groups excluding carboxylic acids is 1. The molecule has 0 spiro atoms. The molecule has 1 aliphatic heterocycles. The summed E-state index contributed by atoms with van der Waals surface area (Å²) in [6, 6.07) is 0.836. The van der Waals surface area contributed by atoms with Gasteiger partial charge in [0.2, 0.25) is 5.91 Å². The highest BCUT2D eigenvalue weighted by Crippen LogP contribution is 2.23. The summed E-state index contributed by atoms with van der Waals surface area (Å²) in [5, 5.41) is 0. The van der Waals surface area contributed by atoms with Gasteiger partial charge in [0.05, 0.1) is 0 Å². The molecule has 2 nitrogen and oxygen atoms in total. The number of piperidine rings is 1. The highest BCUT2D eigenvalue weighted by Gasteiger charge is 2.27. The van der Waals surface area contributed by atoms with Gasteiger partial charge in [-0.2, -0.15) is 0 Å². The van der Waals surface area contributed by atoms with Crippen molar-refractivity contribution in [2.75, 3.05) is 5.88 Å². The second-order valence-corrected chi connectivity index (χ2v) is 4.60. The van der Waals surface area contributed by atoms with Gasteiger partial charge in [-0.1, -0.05) is 0 Å². The van der Waals surface area contributed by atoms with Gasteiger partial charge in [0.15, 0.2) is 0 Å². The smallest absolute Gasteiger partial charge is 0.223 e. The van der Waals surface area contributed by atoms with Crippen LogP contribution in [-0.4, -0.2) is 28.8 Å². The number of carbonyl (C=O) groups is 1. The van der Waals surface area contributed by atoms with Gasteiger partial charge in [-0.3, -0.25) is 4.79 Å². The van der Waals surface area contributed by atoms with Crippen LogP contribution in [0.2, 0.25) is 0 Å². The predicted octanol–water partition coefficient (Wildman–Crippen LogP) is 2.79. The molecule has 1 aliphatic rings. The van der Waals surface area contributed by atoms with Crippen LogP contribution < -0.4 is 0 Å². The van der Waals surface area contributed by atoms with Crippen LogP contribution >= 0.6 is 11.6 Å². The van der Waals surface area contributed by atoms with Gasteiger partial charge in [-0.25, -0.2) is 0 Å². The largest absolute Gasteiger partial charge is 0.337 e. The lowest BCUT2D eigenvalue weighted by molar-refractivity contribution is -0.137. The molecule has 1 fully saturated rings. The topological polar surface area (TPSA) is 20.3 Å². The van der Waals surface area contributed by atoms with Crippen LogP contribution in [0.5, 0.6) is 0 Å². The van der Waals surface area contributed by atoms with E-state index in [0.717, 1.165) is 19.3 Å². The Morgan fingerprint density at radius 1 is 1.36 bits per heavy atom. The SMILES string of the molecule is C[C@@H]1CCC[C@H](C)N1C(=O)CCCCl. The molecule has 0 radical (unpaired) electrons. The van der Waals surface area contributed by atoms with Crippen molar-refractivity contribution in [1.29, 1.82) is 0 Å². The van der Waals surface area contributed by atoms with Gasteiger partial charge < -0.3 is 4.90 Å². The first-order valence-electron chi connectivity index (χ1n) is 5.54. The summed E-state index contributed by atoms with van der Waals surface area (Å²) >= 11 is 5.59. The van der Waals surface area contributed by atoms with Crippen molar-refractivity contribution < 1.29 is 4.79 Å². The third-order valence-corrected chi connectivity index (χ3v) is 3.27. The van der Waals surface area contributed by atoms with Crippen LogP contribution in [0, 0.1) is 0 Å². The minimum atomic E-state index is 0.283. The molecule has 0 aromatic carbocycles. The zero-order chi connectivity index (χ0) is 10.6. The zero-order valence-electron chi connectivity index (χ0n) is 9.13. The number of hydrogen-bond donors (Lipinski definition) is 0. The summed E-state index contributed by atoms with van der Waals surface area (Å²) in [6.45, 7) is 4.29. The maximum atomic E-state index is 11.8. The Kier molecular flexibility index (Phi) is 4.73. The predicted molar refractivity (Wildman–Crippen MR) is 59.6 cm³/mol. The summed E-state index contributed by atoms with van der Waals surface area (Å²) in [6.07, 6.45) is 4.96. The van der Waals surface area contributed by atoms with E-state index < -0.39 is 0 Å². The monoisotopic (exact) mass is 217 g/mol. The third-order valence-electron chi connectivity index (χ3n) is 3.01. The zero-order valence-corrected chi connectivity index (χ0v) is 9.89. The van der Waals surface area contributed by atoms with E-state index in [9.17, 15) is 4.79 Å². The van der Waals surface area contributed by atoms with Gasteiger partial charge in [0.1, 0.15) is 0 Å². The molecule has 1 amide bonds. The molecule has 0 aromatic heterocycles. The first-order valence-corrected chi connectivity index (χ1v) is 6.07. The van der Waals surface area contributed by atoms with Crippen molar-refractivity contribution >= 4 is 17.5 Å². The Morgan fingerprint density at radius 3 is 2.43 bits per heavy atom. The number of nitrogens with zero attached hydrogens (tertiary/aromatic N) is 1. The molecule has 14 heavy (non-hydrogen) atoms. The lowest BCUT2D eigenvalue weighted by Crippen LogP contribution is -2.47. The van der Waals surface area contributed by atoms with Crippen molar-refractivity contribution in [2.24, 2.45) is 0 Å². The van der Waals surface area contributed by atoms with Crippen molar-refractivity contribution in [3.05, 3.63) is 0 Å². The molecule has 0 unspecified atom stereocenters. The molecule has 1 rings (SSSR count). The number of alkyl halides is 1. The van der Waals surface area contributed by atoms with E-state index in [1.165, 1.54) is 6.42 Å². The molecule has 0 aromatic rings. The van der Waals surface area contributed by atoms with Crippen LogP contribution in [0.3, 0.4) is 0 Å². The van der Waals surface area contributed by atoms with Crippen molar-refractivity contribution in [3.63, 3.8) is 0 Å². The van der Waals surface area contributed by atoms with E-state index in [0.29, 0.717) is 24.4 Å². The molecule has 0 bridgehead atoms. The van der Waals surface area contributed by atoms with Crippen LogP contribution in [0.15, 0.2) is 0 Å². The van der Waals surface area contributed by atoms with Crippen molar-refractivity contribution in [2.45, 2.75) is 58.0 Å². The normalized spacial score (nSPS) is 27.8. The van der Waals surface area contributed by atoms with Crippen LogP contribution in [0.4, 0.5) is 0 Å². The van der Waals surface area contributed by atoms with E-state index in [2.05, 4.69) is 18.7 Å². The minimum Gasteiger partial charge on any atom is -0.337 e. The molecule has 82 valence electrons. The molecule has 1 heterocycles. The lowest BCUT2D eigenvalue weighted by atomic mass is 9.97. The highest BCUT2D eigenvalue weighted by molar-refractivity contribution is 6.17. The Morgan fingerprint density at radius 2 is 1.93 bits per heavy atom. The standard InChI is InChI=1S/C11H20ClNO/c1-9-5-3-6-10(2)13(9)11(14)7-4-8-12/h9-10H,3-8H2,1-2H3/t9-,10+. The second kappa shape index (κ2) is 5.59. The quantitative estimate of drug-likeness (QED) is 0.666. The summed E-state index contributed by atoms with van der Waals surface area (Å²) in [4.78, 5) is 13.9. The van der Waals surface area contributed by atoms with Crippen LogP contribution in [0.1, 0.15) is 46.0 Å². The molecule has 2 atom stereocenters. The molecular formula is C11H20ClNO.